The molecular formula is C20H28N2O3. The fraction of sp³-hybridized carbons (Fsp3) is 0.600. The Morgan fingerprint density at radius 3 is 2.36 bits per heavy atom. The van der Waals surface area contributed by atoms with E-state index in [1.807, 2.05) is 6.07 Å². The van der Waals surface area contributed by atoms with Crippen LogP contribution in [-0.4, -0.2) is 41.6 Å². The number of rotatable bonds is 5. The Labute approximate surface area is 149 Å². The van der Waals surface area contributed by atoms with E-state index in [-0.39, 0.29) is 17.4 Å². The predicted molar refractivity (Wildman–Crippen MR) is 96.4 cm³/mol. The van der Waals surface area contributed by atoms with Gasteiger partial charge in [0.15, 0.2) is 0 Å². The van der Waals surface area contributed by atoms with Gasteiger partial charge in [-0.25, -0.2) is 4.79 Å². The Balaban J connectivity index is 1.53. The first-order chi connectivity index (χ1) is 12.1. The lowest BCUT2D eigenvalue weighted by Crippen LogP contribution is -2.48. The number of carboxylic acid groups (broad SMARTS) is 1. The number of carboxylic acids is 1. The molecule has 2 amide bonds. The number of likely N-dealkylation sites (tertiary alicyclic amines) is 1. The van der Waals surface area contributed by atoms with E-state index in [2.05, 4.69) is 29.6 Å². The van der Waals surface area contributed by atoms with Crippen LogP contribution in [0.4, 0.5) is 4.79 Å². The van der Waals surface area contributed by atoms with E-state index < -0.39 is 5.97 Å². The van der Waals surface area contributed by atoms with Crippen molar-refractivity contribution in [1.82, 2.24) is 10.2 Å². The first-order valence-electron chi connectivity index (χ1n) is 9.38. The Kier molecular flexibility index (Phi) is 5.61. The summed E-state index contributed by atoms with van der Waals surface area (Å²) < 4.78 is 0. The Hall–Kier alpha value is -2.04. The topological polar surface area (TPSA) is 69.6 Å². The number of urea groups is 1. The summed E-state index contributed by atoms with van der Waals surface area (Å²) in [6.45, 7) is 1.78. The Morgan fingerprint density at radius 1 is 1.12 bits per heavy atom. The van der Waals surface area contributed by atoms with E-state index in [1.54, 1.807) is 4.90 Å². The molecule has 0 unspecified atom stereocenters. The second-order valence-corrected chi connectivity index (χ2v) is 7.63. The molecule has 0 atom stereocenters. The minimum Gasteiger partial charge on any atom is -0.481 e. The fourth-order valence-electron chi connectivity index (χ4n) is 4.27. The van der Waals surface area contributed by atoms with Crippen LogP contribution in [0.25, 0.3) is 0 Å². The normalized spacial score (nSPS) is 20.4. The Morgan fingerprint density at radius 2 is 1.76 bits per heavy atom. The highest BCUT2D eigenvalue weighted by Crippen LogP contribution is 2.40. The van der Waals surface area contributed by atoms with Crippen LogP contribution in [0, 0.1) is 11.3 Å². The molecule has 1 aromatic carbocycles. The van der Waals surface area contributed by atoms with Crippen molar-refractivity contribution in [2.75, 3.05) is 19.6 Å². The largest absolute Gasteiger partial charge is 0.481 e. The molecule has 1 aliphatic heterocycles. The monoisotopic (exact) mass is 344 g/mol. The van der Waals surface area contributed by atoms with Gasteiger partial charge in [0, 0.05) is 19.6 Å². The summed E-state index contributed by atoms with van der Waals surface area (Å²) in [7, 11) is 0. The predicted octanol–water partition coefficient (Wildman–Crippen LogP) is 3.30. The number of benzene rings is 1. The van der Waals surface area contributed by atoms with Crippen molar-refractivity contribution < 1.29 is 14.7 Å². The molecule has 1 heterocycles. The molecule has 2 aliphatic rings. The van der Waals surface area contributed by atoms with Crippen LogP contribution >= 0.6 is 0 Å². The number of carbonyl (C=O) groups excluding carboxylic acids is 1. The molecule has 0 spiro atoms. The summed E-state index contributed by atoms with van der Waals surface area (Å²) in [6.07, 6.45) is 6.89. The highest BCUT2D eigenvalue weighted by atomic mass is 16.4. The summed E-state index contributed by atoms with van der Waals surface area (Å²) in [6, 6.07) is 10.5. The molecule has 2 fully saturated rings. The van der Waals surface area contributed by atoms with E-state index in [4.69, 9.17) is 5.11 Å². The average Bonchev–Trinajstić information content (AvgIpc) is 3.09. The number of hydrogen-bond donors (Lipinski definition) is 2. The van der Waals surface area contributed by atoms with E-state index in [0.717, 1.165) is 19.3 Å². The molecule has 0 aromatic heterocycles. The van der Waals surface area contributed by atoms with Crippen molar-refractivity contribution >= 4 is 12.0 Å². The number of hydrogen-bond acceptors (Lipinski definition) is 2. The third kappa shape index (κ3) is 4.53. The van der Waals surface area contributed by atoms with Crippen molar-refractivity contribution in [2.45, 2.75) is 44.9 Å². The van der Waals surface area contributed by atoms with Crippen molar-refractivity contribution in [3.63, 3.8) is 0 Å². The first kappa shape index (κ1) is 17.8. The van der Waals surface area contributed by atoms with Crippen molar-refractivity contribution in [1.29, 1.82) is 0 Å². The second-order valence-electron chi connectivity index (χ2n) is 7.63. The zero-order valence-electron chi connectivity index (χ0n) is 14.7. The Bertz CT molecular complexity index is 588. The first-order valence-corrected chi connectivity index (χ1v) is 9.38. The van der Waals surface area contributed by atoms with E-state index in [9.17, 15) is 9.59 Å². The van der Waals surface area contributed by atoms with Gasteiger partial charge in [0.25, 0.3) is 0 Å². The number of piperidine rings is 1. The average molecular weight is 344 g/mol. The van der Waals surface area contributed by atoms with Gasteiger partial charge in [0.05, 0.1) is 5.92 Å². The third-order valence-corrected chi connectivity index (χ3v) is 5.83. The standard InChI is InChI=1S/C20H28N2O3/c23-18(24)17-8-12-22(13-9-17)19(25)21-15-20(10-4-5-11-20)14-16-6-2-1-3-7-16/h1-3,6-7,17H,4-5,8-15H2,(H,21,25)(H,23,24). The maximum Gasteiger partial charge on any atom is 0.317 e. The zero-order chi connectivity index (χ0) is 17.7. The maximum absolute atomic E-state index is 12.5. The van der Waals surface area contributed by atoms with Crippen molar-refractivity contribution in [2.24, 2.45) is 11.3 Å². The molecule has 1 aromatic rings. The lowest BCUT2D eigenvalue weighted by Gasteiger charge is -2.33. The van der Waals surface area contributed by atoms with Crippen LogP contribution in [0.5, 0.6) is 0 Å². The highest BCUT2D eigenvalue weighted by Gasteiger charge is 2.35. The van der Waals surface area contributed by atoms with Gasteiger partial charge in [0.1, 0.15) is 0 Å². The number of nitrogens with one attached hydrogen (secondary N) is 1. The zero-order valence-corrected chi connectivity index (χ0v) is 14.7. The summed E-state index contributed by atoms with van der Waals surface area (Å²) in [4.78, 5) is 25.3. The second kappa shape index (κ2) is 7.89. The maximum atomic E-state index is 12.5. The molecule has 1 saturated carbocycles. The van der Waals surface area contributed by atoms with Gasteiger partial charge >= 0.3 is 12.0 Å². The van der Waals surface area contributed by atoms with Gasteiger partial charge < -0.3 is 15.3 Å². The number of aliphatic carboxylic acids is 1. The van der Waals surface area contributed by atoms with Gasteiger partial charge in [-0.3, -0.25) is 4.79 Å². The molecular weight excluding hydrogens is 316 g/mol. The minimum absolute atomic E-state index is 0.0387. The van der Waals surface area contributed by atoms with Gasteiger partial charge in [0.2, 0.25) is 0 Å². The van der Waals surface area contributed by atoms with Gasteiger partial charge in [-0.1, -0.05) is 43.2 Å². The van der Waals surface area contributed by atoms with Gasteiger partial charge in [-0.05, 0) is 43.1 Å². The van der Waals surface area contributed by atoms with Crippen LogP contribution in [0.1, 0.15) is 44.1 Å². The van der Waals surface area contributed by atoms with Crippen molar-refractivity contribution in [3.05, 3.63) is 35.9 Å². The van der Waals surface area contributed by atoms with Gasteiger partial charge in [-0.2, -0.15) is 0 Å². The molecule has 25 heavy (non-hydrogen) atoms. The lowest BCUT2D eigenvalue weighted by molar-refractivity contribution is -0.143. The smallest absolute Gasteiger partial charge is 0.317 e. The number of carbonyl (C=O) groups is 2. The number of nitrogens with zero attached hydrogens (tertiary/aromatic N) is 1. The van der Waals surface area contributed by atoms with E-state index >= 15 is 0 Å². The van der Waals surface area contributed by atoms with Crippen LogP contribution in [0.2, 0.25) is 0 Å². The molecule has 0 radical (unpaired) electrons. The minimum atomic E-state index is -0.743. The lowest BCUT2D eigenvalue weighted by atomic mass is 9.80. The summed E-state index contributed by atoms with van der Waals surface area (Å²) in [5, 5.41) is 12.2. The van der Waals surface area contributed by atoms with Gasteiger partial charge in [-0.15, -0.1) is 0 Å². The summed E-state index contributed by atoms with van der Waals surface area (Å²) >= 11 is 0. The molecule has 5 heteroatoms. The molecule has 136 valence electrons. The van der Waals surface area contributed by atoms with E-state index in [1.165, 1.54) is 18.4 Å². The SMILES string of the molecule is O=C(O)C1CCN(C(=O)NCC2(Cc3ccccc3)CCCC2)CC1. The van der Waals surface area contributed by atoms with Crippen LogP contribution < -0.4 is 5.32 Å². The quantitative estimate of drug-likeness (QED) is 0.861. The molecule has 0 bridgehead atoms. The summed E-state index contributed by atoms with van der Waals surface area (Å²) in [5.41, 5.74) is 1.50. The third-order valence-electron chi connectivity index (χ3n) is 5.83. The van der Waals surface area contributed by atoms with E-state index in [0.29, 0.717) is 32.5 Å². The number of amides is 2. The van der Waals surface area contributed by atoms with Crippen molar-refractivity contribution in [3.8, 4) is 0 Å². The fourth-order valence-corrected chi connectivity index (χ4v) is 4.27. The molecule has 1 saturated heterocycles. The molecule has 1 aliphatic carbocycles. The van der Waals surface area contributed by atoms with Crippen LogP contribution in [0.3, 0.4) is 0 Å². The molecule has 5 nitrogen and oxygen atoms in total. The molecule has 2 N–H and O–H groups in total. The molecule has 3 rings (SSSR count). The summed E-state index contributed by atoms with van der Waals surface area (Å²) in [5.74, 6) is -1.05. The highest BCUT2D eigenvalue weighted by molar-refractivity contribution is 5.75. The van der Waals surface area contributed by atoms with Crippen LogP contribution in [0.15, 0.2) is 30.3 Å². The van der Waals surface area contributed by atoms with Crippen LogP contribution in [-0.2, 0) is 11.2 Å².